The van der Waals surface area contributed by atoms with E-state index in [0.717, 1.165) is 6.07 Å². The van der Waals surface area contributed by atoms with Crippen LogP contribution in [0.3, 0.4) is 0 Å². The maximum absolute atomic E-state index is 13.0. The molecule has 0 saturated carbocycles. The standard InChI is InChI=1S/C25H26O7/c1-7-24(3,4)13-9-12(10-15(27)19(13)28)23-22(31)21(30)17-16(32-23)11-14(26)18(20(17)29)25(5,6)8-2/h7-11,26-29,31H,1-2H2,3-6H3. The molecule has 1 aromatic heterocycles. The summed E-state index contributed by atoms with van der Waals surface area (Å²) in [6.07, 6.45) is 3.08. The van der Waals surface area contributed by atoms with Crippen LogP contribution in [0.1, 0.15) is 38.8 Å². The summed E-state index contributed by atoms with van der Waals surface area (Å²) < 4.78 is 5.70. The number of phenols is 4. The lowest BCUT2D eigenvalue weighted by molar-refractivity contribution is 0.392. The summed E-state index contributed by atoms with van der Waals surface area (Å²) in [5.41, 5.74) is -2.26. The second-order valence-electron chi connectivity index (χ2n) is 8.84. The molecule has 7 nitrogen and oxygen atoms in total. The summed E-state index contributed by atoms with van der Waals surface area (Å²) in [5.74, 6) is -2.79. The molecule has 3 aromatic rings. The first kappa shape index (κ1) is 22.8. The smallest absolute Gasteiger partial charge is 0.238 e. The number of benzene rings is 2. The van der Waals surface area contributed by atoms with Gasteiger partial charge in [0.1, 0.15) is 22.5 Å². The number of aromatic hydroxyl groups is 5. The molecular weight excluding hydrogens is 412 g/mol. The molecule has 1 heterocycles. The normalized spacial score (nSPS) is 12.1. The zero-order valence-electron chi connectivity index (χ0n) is 18.4. The quantitative estimate of drug-likeness (QED) is 0.282. The van der Waals surface area contributed by atoms with E-state index in [4.69, 9.17) is 4.42 Å². The van der Waals surface area contributed by atoms with Gasteiger partial charge in [0.05, 0.1) is 0 Å². The minimum atomic E-state index is -0.919. The van der Waals surface area contributed by atoms with Gasteiger partial charge in [-0.2, -0.15) is 0 Å². The monoisotopic (exact) mass is 438 g/mol. The Morgan fingerprint density at radius 3 is 1.97 bits per heavy atom. The highest BCUT2D eigenvalue weighted by molar-refractivity contribution is 5.90. The molecule has 0 spiro atoms. The summed E-state index contributed by atoms with van der Waals surface area (Å²) in [4.78, 5) is 13.0. The molecule has 0 saturated heterocycles. The van der Waals surface area contributed by atoms with Crippen LogP contribution in [0.2, 0.25) is 0 Å². The number of rotatable bonds is 5. The fraction of sp³-hybridized carbons (Fsp3) is 0.240. The number of hydrogen-bond donors (Lipinski definition) is 5. The number of phenolic OH excluding ortho intramolecular Hbond substituents is 4. The number of fused-ring (bicyclic) bond motifs is 1. The Morgan fingerprint density at radius 2 is 1.41 bits per heavy atom. The van der Waals surface area contributed by atoms with Gasteiger partial charge in [-0.1, -0.05) is 39.8 Å². The second kappa shape index (κ2) is 7.37. The SMILES string of the molecule is C=CC(C)(C)c1cc(-c2oc3cc(O)c(C(C)(C)C=C)c(O)c3c(=O)c2O)cc(O)c1O. The van der Waals surface area contributed by atoms with Crippen LogP contribution in [0.15, 0.2) is 52.7 Å². The average Bonchev–Trinajstić information content (AvgIpc) is 2.71. The third-order valence-electron chi connectivity index (χ3n) is 5.82. The predicted molar refractivity (Wildman–Crippen MR) is 123 cm³/mol. The molecule has 0 unspecified atom stereocenters. The Kier molecular flexibility index (Phi) is 5.25. The van der Waals surface area contributed by atoms with Crippen molar-refractivity contribution in [3.05, 3.63) is 64.9 Å². The molecule has 168 valence electrons. The van der Waals surface area contributed by atoms with E-state index in [0.29, 0.717) is 5.56 Å². The maximum atomic E-state index is 13.0. The lowest BCUT2D eigenvalue weighted by atomic mass is 9.82. The van der Waals surface area contributed by atoms with Crippen molar-refractivity contribution in [2.24, 2.45) is 0 Å². The third-order valence-corrected chi connectivity index (χ3v) is 5.82. The third kappa shape index (κ3) is 3.36. The van der Waals surface area contributed by atoms with Gasteiger partial charge in [-0.25, -0.2) is 0 Å². The van der Waals surface area contributed by atoms with Crippen molar-refractivity contribution in [3.8, 4) is 40.1 Å². The van der Waals surface area contributed by atoms with Gasteiger partial charge in [0, 0.05) is 33.6 Å². The van der Waals surface area contributed by atoms with Gasteiger partial charge in [-0.15, -0.1) is 13.2 Å². The molecule has 0 aliphatic heterocycles. The van der Waals surface area contributed by atoms with Crippen LogP contribution in [0, 0.1) is 0 Å². The van der Waals surface area contributed by atoms with Crippen LogP contribution >= 0.6 is 0 Å². The lowest BCUT2D eigenvalue weighted by Gasteiger charge is -2.24. The van der Waals surface area contributed by atoms with Crippen molar-refractivity contribution in [2.45, 2.75) is 38.5 Å². The molecule has 2 aromatic carbocycles. The summed E-state index contributed by atoms with van der Waals surface area (Å²) in [6, 6.07) is 3.76. The predicted octanol–water partition coefficient (Wildman–Crippen LogP) is 4.92. The lowest BCUT2D eigenvalue weighted by Crippen LogP contribution is -2.15. The first-order chi connectivity index (χ1) is 14.8. The molecule has 3 rings (SSSR count). The van der Waals surface area contributed by atoms with Gasteiger partial charge in [-0.3, -0.25) is 4.79 Å². The van der Waals surface area contributed by atoms with Crippen LogP contribution in [-0.4, -0.2) is 25.5 Å². The van der Waals surface area contributed by atoms with Crippen LogP contribution < -0.4 is 5.43 Å². The van der Waals surface area contributed by atoms with Crippen LogP contribution in [0.4, 0.5) is 0 Å². The fourth-order valence-electron chi connectivity index (χ4n) is 3.60. The molecule has 0 fully saturated rings. The summed E-state index contributed by atoms with van der Waals surface area (Å²) >= 11 is 0. The van der Waals surface area contributed by atoms with Crippen molar-refractivity contribution in [1.82, 2.24) is 0 Å². The van der Waals surface area contributed by atoms with Gasteiger partial charge < -0.3 is 29.9 Å². The van der Waals surface area contributed by atoms with E-state index in [9.17, 15) is 30.3 Å². The van der Waals surface area contributed by atoms with E-state index in [2.05, 4.69) is 13.2 Å². The van der Waals surface area contributed by atoms with Gasteiger partial charge >= 0.3 is 0 Å². The first-order valence-corrected chi connectivity index (χ1v) is 9.86. The highest BCUT2D eigenvalue weighted by Crippen LogP contribution is 2.46. The number of hydrogen-bond acceptors (Lipinski definition) is 7. The molecule has 0 aliphatic rings. The highest BCUT2D eigenvalue weighted by Gasteiger charge is 2.30. The molecule has 7 heteroatoms. The number of allylic oxidation sites excluding steroid dienone is 2. The van der Waals surface area contributed by atoms with Crippen molar-refractivity contribution >= 4 is 11.0 Å². The Labute approximate surface area is 184 Å². The molecule has 0 bridgehead atoms. The second-order valence-corrected chi connectivity index (χ2v) is 8.84. The molecule has 0 aliphatic carbocycles. The molecule has 5 N–H and O–H groups in total. The van der Waals surface area contributed by atoms with Crippen molar-refractivity contribution in [2.75, 3.05) is 0 Å². The molecule has 0 amide bonds. The van der Waals surface area contributed by atoms with Crippen molar-refractivity contribution in [1.29, 1.82) is 0 Å². The summed E-state index contributed by atoms with van der Waals surface area (Å²) in [7, 11) is 0. The first-order valence-electron chi connectivity index (χ1n) is 9.86. The Balaban J connectivity index is 2.40. The minimum absolute atomic E-state index is 0.0664. The summed E-state index contributed by atoms with van der Waals surface area (Å²) in [5, 5.41) is 52.2. The van der Waals surface area contributed by atoms with E-state index < -0.39 is 33.5 Å². The van der Waals surface area contributed by atoms with Gasteiger partial charge in [0.15, 0.2) is 17.3 Å². The van der Waals surface area contributed by atoms with E-state index >= 15 is 0 Å². The minimum Gasteiger partial charge on any atom is -0.507 e. The largest absolute Gasteiger partial charge is 0.507 e. The van der Waals surface area contributed by atoms with Crippen LogP contribution in [-0.2, 0) is 10.8 Å². The maximum Gasteiger partial charge on any atom is 0.238 e. The molecule has 0 radical (unpaired) electrons. The Morgan fingerprint density at radius 1 is 0.812 bits per heavy atom. The molecule has 0 atom stereocenters. The fourth-order valence-corrected chi connectivity index (χ4v) is 3.60. The zero-order valence-corrected chi connectivity index (χ0v) is 18.4. The van der Waals surface area contributed by atoms with Gasteiger partial charge in [0.2, 0.25) is 11.2 Å². The summed E-state index contributed by atoms with van der Waals surface area (Å²) in [6.45, 7) is 14.3. The van der Waals surface area contributed by atoms with E-state index in [1.165, 1.54) is 18.2 Å². The topological polar surface area (TPSA) is 131 Å². The average molecular weight is 438 g/mol. The van der Waals surface area contributed by atoms with Gasteiger partial charge in [0.25, 0.3) is 0 Å². The van der Waals surface area contributed by atoms with Gasteiger partial charge in [-0.05, 0) is 12.1 Å². The zero-order chi connectivity index (χ0) is 24.2. The van der Waals surface area contributed by atoms with Crippen LogP contribution in [0.25, 0.3) is 22.3 Å². The van der Waals surface area contributed by atoms with E-state index in [-0.39, 0.29) is 39.4 Å². The Bertz CT molecular complexity index is 1330. The van der Waals surface area contributed by atoms with Crippen molar-refractivity contribution in [3.63, 3.8) is 0 Å². The highest BCUT2D eigenvalue weighted by atomic mass is 16.4. The van der Waals surface area contributed by atoms with Crippen LogP contribution in [0.5, 0.6) is 28.7 Å². The van der Waals surface area contributed by atoms with E-state index in [1.807, 2.05) is 0 Å². The van der Waals surface area contributed by atoms with Crippen molar-refractivity contribution < 1.29 is 29.9 Å². The molecule has 32 heavy (non-hydrogen) atoms. The Hall–Kier alpha value is -3.87. The molecular formula is C25H26O7. The van der Waals surface area contributed by atoms with E-state index in [1.54, 1.807) is 33.8 Å².